The van der Waals surface area contributed by atoms with Crippen LogP contribution in [0.2, 0.25) is 0 Å². The van der Waals surface area contributed by atoms with Crippen LogP contribution in [0.4, 0.5) is 0 Å². The molecular weight excluding hydrogens is 148 g/mol. The van der Waals surface area contributed by atoms with Gasteiger partial charge in [-0.3, -0.25) is 4.79 Å². The fraction of sp³-hybridized carbons (Fsp3) is 0.727. The van der Waals surface area contributed by atoms with Crippen LogP contribution in [-0.4, -0.2) is 5.78 Å². The number of hydrogen-bond acceptors (Lipinski definition) is 1. The lowest BCUT2D eigenvalue weighted by atomic mass is 9.71. The molecule has 2 atom stereocenters. The van der Waals surface area contributed by atoms with Crippen molar-refractivity contribution in [3.63, 3.8) is 0 Å². The quantitative estimate of drug-likeness (QED) is 0.503. The summed E-state index contributed by atoms with van der Waals surface area (Å²) in [7, 11) is 0. The van der Waals surface area contributed by atoms with Gasteiger partial charge in [0.05, 0.1) is 0 Å². The lowest BCUT2D eigenvalue weighted by molar-refractivity contribution is -0.122. The summed E-state index contributed by atoms with van der Waals surface area (Å²) in [4.78, 5) is 11.2. The summed E-state index contributed by atoms with van der Waals surface area (Å²) >= 11 is 0. The summed E-state index contributed by atoms with van der Waals surface area (Å²) in [5, 5.41) is 0. The molecule has 2 rings (SSSR count). The molecule has 0 aromatic carbocycles. The van der Waals surface area contributed by atoms with Crippen molar-refractivity contribution in [3.05, 3.63) is 11.6 Å². The normalized spacial score (nSPS) is 35.8. The Balaban J connectivity index is 2.07. The Hall–Kier alpha value is -0.590. The van der Waals surface area contributed by atoms with Crippen molar-refractivity contribution in [3.8, 4) is 0 Å². The highest BCUT2D eigenvalue weighted by Crippen LogP contribution is 2.38. The number of ketones is 1. The van der Waals surface area contributed by atoms with E-state index in [1.165, 1.54) is 12.0 Å². The van der Waals surface area contributed by atoms with Crippen molar-refractivity contribution in [1.29, 1.82) is 0 Å². The number of allylic oxidation sites excluding steroid dienone is 2. The number of hydrogen-bond donors (Lipinski definition) is 0. The molecule has 0 saturated heterocycles. The average Bonchev–Trinajstić information content (AvgIpc) is 2.05. The third kappa shape index (κ3) is 1.45. The highest BCUT2D eigenvalue weighted by molar-refractivity contribution is 5.79. The first-order valence-corrected chi connectivity index (χ1v) is 4.93. The Morgan fingerprint density at radius 2 is 2.17 bits per heavy atom. The molecule has 0 amide bonds. The van der Waals surface area contributed by atoms with E-state index in [2.05, 4.69) is 13.0 Å². The fourth-order valence-corrected chi connectivity index (χ4v) is 2.54. The number of Topliss-reactive ketones (excluding diaryl/α,β-unsaturated/α-hetero) is 1. The molecule has 2 aliphatic rings. The van der Waals surface area contributed by atoms with E-state index in [4.69, 9.17) is 0 Å². The molecule has 1 saturated carbocycles. The summed E-state index contributed by atoms with van der Waals surface area (Å²) in [6, 6.07) is 0. The first kappa shape index (κ1) is 8.03. The molecule has 66 valence electrons. The Kier molecular flexibility index (Phi) is 2.03. The van der Waals surface area contributed by atoms with Gasteiger partial charge in [0.1, 0.15) is 5.78 Å². The van der Waals surface area contributed by atoms with Crippen molar-refractivity contribution in [2.45, 2.75) is 39.0 Å². The third-order valence-electron chi connectivity index (χ3n) is 3.30. The Bertz CT molecular complexity index is 227. The van der Waals surface area contributed by atoms with Crippen molar-refractivity contribution >= 4 is 5.78 Å². The van der Waals surface area contributed by atoms with Gasteiger partial charge < -0.3 is 0 Å². The summed E-state index contributed by atoms with van der Waals surface area (Å²) in [5.41, 5.74) is 1.53. The molecular formula is C11H16O. The number of fused-ring (bicyclic) bond motifs is 1. The summed E-state index contributed by atoms with van der Waals surface area (Å²) in [5.74, 6) is 2.01. The van der Waals surface area contributed by atoms with Crippen LogP contribution >= 0.6 is 0 Å². The molecule has 0 heterocycles. The molecule has 0 unspecified atom stereocenters. The van der Waals surface area contributed by atoms with Crippen molar-refractivity contribution in [1.82, 2.24) is 0 Å². The lowest BCUT2D eigenvalue weighted by Crippen LogP contribution is -2.26. The van der Waals surface area contributed by atoms with Gasteiger partial charge in [0, 0.05) is 12.8 Å². The predicted molar refractivity (Wildman–Crippen MR) is 48.8 cm³/mol. The minimum absolute atomic E-state index is 0.490. The second-order valence-corrected chi connectivity index (χ2v) is 4.29. The molecule has 0 aliphatic heterocycles. The van der Waals surface area contributed by atoms with Gasteiger partial charge in [0.25, 0.3) is 0 Å². The fourth-order valence-electron chi connectivity index (χ4n) is 2.54. The molecule has 0 radical (unpaired) electrons. The van der Waals surface area contributed by atoms with E-state index in [9.17, 15) is 4.79 Å². The minimum atomic E-state index is 0.490. The van der Waals surface area contributed by atoms with Crippen LogP contribution in [0, 0.1) is 11.8 Å². The Morgan fingerprint density at radius 3 is 3.00 bits per heavy atom. The standard InChI is InChI=1S/C11H16O/c1-8-2-3-10-7-11(12)5-4-9(10)6-8/h2,9-10H,3-7H2,1H3/t9-,10+/m1/s1. The van der Waals surface area contributed by atoms with Gasteiger partial charge in [-0.1, -0.05) is 11.6 Å². The predicted octanol–water partition coefficient (Wildman–Crippen LogP) is 2.71. The van der Waals surface area contributed by atoms with E-state index < -0.39 is 0 Å². The van der Waals surface area contributed by atoms with Gasteiger partial charge in [0.2, 0.25) is 0 Å². The van der Waals surface area contributed by atoms with Gasteiger partial charge in [-0.15, -0.1) is 0 Å². The largest absolute Gasteiger partial charge is 0.300 e. The molecule has 0 bridgehead atoms. The molecule has 1 fully saturated rings. The molecule has 0 N–H and O–H groups in total. The SMILES string of the molecule is CC1=CC[C@H]2CC(=O)CC[C@@H]2C1. The maximum Gasteiger partial charge on any atom is 0.133 e. The highest BCUT2D eigenvalue weighted by atomic mass is 16.1. The van der Waals surface area contributed by atoms with Crippen LogP contribution in [0.5, 0.6) is 0 Å². The van der Waals surface area contributed by atoms with Crippen molar-refractivity contribution < 1.29 is 4.79 Å². The van der Waals surface area contributed by atoms with E-state index in [-0.39, 0.29) is 0 Å². The molecule has 1 heteroatoms. The molecule has 1 nitrogen and oxygen atoms in total. The third-order valence-corrected chi connectivity index (χ3v) is 3.30. The number of carbonyl (C=O) groups is 1. The number of rotatable bonds is 0. The van der Waals surface area contributed by atoms with Crippen LogP contribution in [0.15, 0.2) is 11.6 Å². The summed E-state index contributed by atoms with van der Waals surface area (Å²) in [6.07, 6.45) is 7.57. The van der Waals surface area contributed by atoms with E-state index >= 15 is 0 Å². The average molecular weight is 164 g/mol. The molecule has 0 aromatic rings. The van der Waals surface area contributed by atoms with E-state index in [0.29, 0.717) is 11.7 Å². The monoisotopic (exact) mass is 164 g/mol. The van der Waals surface area contributed by atoms with Gasteiger partial charge >= 0.3 is 0 Å². The zero-order chi connectivity index (χ0) is 8.55. The second-order valence-electron chi connectivity index (χ2n) is 4.29. The maximum atomic E-state index is 11.2. The first-order valence-electron chi connectivity index (χ1n) is 4.93. The Labute approximate surface area is 73.8 Å². The molecule has 2 aliphatic carbocycles. The van der Waals surface area contributed by atoms with Crippen LogP contribution in [0.3, 0.4) is 0 Å². The Morgan fingerprint density at radius 1 is 1.33 bits per heavy atom. The van der Waals surface area contributed by atoms with Crippen LogP contribution < -0.4 is 0 Å². The van der Waals surface area contributed by atoms with Crippen LogP contribution in [0.25, 0.3) is 0 Å². The van der Waals surface area contributed by atoms with Crippen molar-refractivity contribution in [2.24, 2.45) is 11.8 Å². The molecule has 0 spiro atoms. The highest BCUT2D eigenvalue weighted by Gasteiger charge is 2.30. The smallest absolute Gasteiger partial charge is 0.133 e. The summed E-state index contributed by atoms with van der Waals surface area (Å²) in [6.45, 7) is 2.21. The van der Waals surface area contributed by atoms with E-state index in [1.54, 1.807) is 0 Å². The topological polar surface area (TPSA) is 17.1 Å². The second kappa shape index (κ2) is 3.04. The van der Waals surface area contributed by atoms with Crippen LogP contribution in [-0.2, 0) is 4.79 Å². The van der Waals surface area contributed by atoms with Gasteiger partial charge in [0.15, 0.2) is 0 Å². The molecule has 12 heavy (non-hydrogen) atoms. The van der Waals surface area contributed by atoms with Crippen molar-refractivity contribution in [2.75, 3.05) is 0 Å². The zero-order valence-electron chi connectivity index (χ0n) is 7.68. The number of carbonyl (C=O) groups excluding carboxylic acids is 1. The minimum Gasteiger partial charge on any atom is -0.300 e. The van der Waals surface area contributed by atoms with Gasteiger partial charge in [-0.2, -0.15) is 0 Å². The maximum absolute atomic E-state index is 11.2. The van der Waals surface area contributed by atoms with Gasteiger partial charge in [-0.05, 0) is 38.0 Å². The van der Waals surface area contributed by atoms with Gasteiger partial charge in [-0.25, -0.2) is 0 Å². The first-order chi connectivity index (χ1) is 5.75. The van der Waals surface area contributed by atoms with E-state index in [0.717, 1.165) is 31.6 Å². The molecule has 0 aromatic heterocycles. The van der Waals surface area contributed by atoms with Crippen LogP contribution in [0.1, 0.15) is 39.0 Å². The lowest BCUT2D eigenvalue weighted by Gasteiger charge is -2.33. The van der Waals surface area contributed by atoms with E-state index in [1.807, 2.05) is 0 Å². The zero-order valence-corrected chi connectivity index (χ0v) is 7.68. The summed E-state index contributed by atoms with van der Waals surface area (Å²) < 4.78 is 0.